The van der Waals surface area contributed by atoms with E-state index in [4.69, 9.17) is 5.73 Å². The third-order valence-electron chi connectivity index (χ3n) is 2.31. The molecule has 0 spiro atoms. The molecule has 0 aromatic rings. The van der Waals surface area contributed by atoms with Crippen molar-refractivity contribution in [1.29, 1.82) is 0 Å². The van der Waals surface area contributed by atoms with Crippen molar-refractivity contribution in [1.82, 2.24) is 5.32 Å². The molecule has 6 heteroatoms. The molecule has 82 valence electrons. The van der Waals surface area contributed by atoms with Gasteiger partial charge in [0, 0.05) is 6.54 Å². The fraction of sp³-hybridized carbons (Fsp3) is 0.875. The highest BCUT2D eigenvalue weighted by Crippen LogP contribution is 2.17. The number of hydrogen-bond acceptors (Lipinski definition) is 4. The fourth-order valence-corrected chi connectivity index (χ4v) is 3.30. The van der Waals surface area contributed by atoms with Gasteiger partial charge in [0.05, 0.1) is 17.5 Å². The Bertz CT molecular complexity index is 311. The summed E-state index contributed by atoms with van der Waals surface area (Å²) in [4.78, 5) is 11.1. The van der Waals surface area contributed by atoms with Crippen molar-refractivity contribution in [2.75, 3.05) is 18.1 Å². The average Bonchev–Trinajstić information content (AvgIpc) is 2.41. The third kappa shape index (κ3) is 3.26. The highest BCUT2D eigenvalue weighted by Gasteiger charge is 2.27. The smallest absolute Gasteiger partial charge is 0.236 e. The van der Waals surface area contributed by atoms with Gasteiger partial charge < -0.3 is 11.1 Å². The van der Waals surface area contributed by atoms with Crippen molar-refractivity contribution < 1.29 is 13.2 Å². The summed E-state index contributed by atoms with van der Waals surface area (Å²) in [5.41, 5.74) is 5.34. The van der Waals surface area contributed by atoms with E-state index >= 15 is 0 Å². The molecule has 5 nitrogen and oxygen atoms in total. The second-order valence-electron chi connectivity index (χ2n) is 3.80. The van der Waals surface area contributed by atoms with Gasteiger partial charge in [-0.2, -0.15) is 0 Å². The lowest BCUT2D eigenvalue weighted by Gasteiger charge is -2.11. The normalized spacial score (nSPS) is 27.1. The predicted molar refractivity (Wildman–Crippen MR) is 53.4 cm³/mol. The molecule has 0 aromatic carbocycles. The van der Waals surface area contributed by atoms with Crippen LogP contribution in [0.4, 0.5) is 0 Å². The molecule has 1 rings (SSSR count). The molecule has 1 fully saturated rings. The number of nitrogens with two attached hydrogens (primary N) is 1. The van der Waals surface area contributed by atoms with E-state index in [1.165, 1.54) is 0 Å². The number of rotatable bonds is 3. The van der Waals surface area contributed by atoms with Gasteiger partial charge in [-0.25, -0.2) is 8.42 Å². The average molecular weight is 220 g/mol. The van der Waals surface area contributed by atoms with Gasteiger partial charge in [-0.1, -0.05) is 0 Å². The van der Waals surface area contributed by atoms with Crippen LogP contribution in [0.5, 0.6) is 0 Å². The first kappa shape index (κ1) is 11.5. The van der Waals surface area contributed by atoms with Crippen LogP contribution in [-0.4, -0.2) is 38.4 Å². The van der Waals surface area contributed by atoms with Crippen LogP contribution in [0.25, 0.3) is 0 Å². The summed E-state index contributed by atoms with van der Waals surface area (Å²) < 4.78 is 22.2. The van der Waals surface area contributed by atoms with Crippen LogP contribution < -0.4 is 11.1 Å². The van der Waals surface area contributed by atoms with Crippen molar-refractivity contribution in [3.8, 4) is 0 Å². The van der Waals surface area contributed by atoms with Crippen LogP contribution in [0.3, 0.4) is 0 Å². The molecule has 0 bridgehead atoms. The largest absolute Gasteiger partial charge is 0.354 e. The molecule has 1 aliphatic heterocycles. The number of hydrogen-bond donors (Lipinski definition) is 2. The highest BCUT2D eigenvalue weighted by atomic mass is 32.2. The molecular formula is C8H16N2O3S. The van der Waals surface area contributed by atoms with Gasteiger partial charge in [0.1, 0.15) is 0 Å². The third-order valence-corrected chi connectivity index (χ3v) is 4.14. The van der Waals surface area contributed by atoms with E-state index in [0.29, 0.717) is 13.0 Å². The maximum Gasteiger partial charge on any atom is 0.236 e. The number of carbonyl (C=O) groups is 1. The van der Waals surface area contributed by atoms with Gasteiger partial charge in [0.25, 0.3) is 0 Å². The van der Waals surface area contributed by atoms with Crippen LogP contribution in [-0.2, 0) is 14.6 Å². The van der Waals surface area contributed by atoms with Crippen LogP contribution in [0.15, 0.2) is 0 Å². The Morgan fingerprint density at radius 1 is 1.64 bits per heavy atom. The van der Waals surface area contributed by atoms with E-state index in [0.717, 1.165) is 0 Å². The topological polar surface area (TPSA) is 89.3 Å². The summed E-state index contributed by atoms with van der Waals surface area (Å²) in [5.74, 6) is 0.259. The lowest BCUT2D eigenvalue weighted by atomic mass is 10.1. The molecule has 14 heavy (non-hydrogen) atoms. The van der Waals surface area contributed by atoms with E-state index in [2.05, 4.69) is 5.32 Å². The van der Waals surface area contributed by atoms with Crippen molar-refractivity contribution in [3.63, 3.8) is 0 Å². The van der Waals surface area contributed by atoms with E-state index in [-0.39, 0.29) is 23.3 Å². The summed E-state index contributed by atoms with van der Waals surface area (Å²) in [6.45, 7) is 2.01. The molecule has 0 aliphatic carbocycles. The second-order valence-corrected chi connectivity index (χ2v) is 6.03. The molecule has 1 aliphatic rings. The van der Waals surface area contributed by atoms with Gasteiger partial charge in [-0.15, -0.1) is 0 Å². The zero-order chi connectivity index (χ0) is 10.8. The molecule has 0 saturated carbocycles. The maximum absolute atomic E-state index is 11.1. The summed E-state index contributed by atoms with van der Waals surface area (Å²) in [6.07, 6.45) is 0.640. The molecule has 1 saturated heterocycles. The van der Waals surface area contributed by atoms with Gasteiger partial charge in [0.15, 0.2) is 9.84 Å². The highest BCUT2D eigenvalue weighted by molar-refractivity contribution is 7.91. The maximum atomic E-state index is 11.1. The van der Waals surface area contributed by atoms with Gasteiger partial charge in [-0.05, 0) is 19.3 Å². The molecule has 0 radical (unpaired) electrons. The van der Waals surface area contributed by atoms with Crippen LogP contribution in [0.2, 0.25) is 0 Å². The van der Waals surface area contributed by atoms with Gasteiger partial charge in [0.2, 0.25) is 5.91 Å². The van der Waals surface area contributed by atoms with Crippen LogP contribution in [0.1, 0.15) is 13.3 Å². The number of sulfone groups is 1. The molecule has 1 heterocycles. The summed E-state index contributed by atoms with van der Waals surface area (Å²) in [5, 5.41) is 2.63. The molecule has 3 N–H and O–H groups in total. The van der Waals surface area contributed by atoms with E-state index < -0.39 is 15.9 Å². The quantitative estimate of drug-likeness (QED) is 0.631. The van der Waals surface area contributed by atoms with Gasteiger partial charge in [-0.3, -0.25) is 4.79 Å². The minimum Gasteiger partial charge on any atom is -0.354 e. The van der Waals surface area contributed by atoms with Gasteiger partial charge >= 0.3 is 0 Å². The minimum atomic E-state index is -2.85. The second kappa shape index (κ2) is 4.27. The Morgan fingerprint density at radius 3 is 2.71 bits per heavy atom. The number of nitrogens with one attached hydrogen (secondary N) is 1. The molecule has 0 unspecified atom stereocenters. The Morgan fingerprint density at radius 2 is 2.29 bits per heavy atom. The molecular weight excluding hydrogens is 204 g/mol. The lowest BCUT2D eigenvalue weighted by Crippen LogP contribution is -2.40. The predicted octanol–water partition coefficient (Wildman–Crippen LogP) is -1.12. The van der Waals surface area contributed by atoms with E-state index in [9.17, 15) is 13.2 Å². The van der Waals surface area contributed by atoms with Crippen LogP contribution >= 0.6 is 0 Å². The van der Waals surface area contributed by atoms with E-state index in [1.807, 2.05) is 0 Å². The Balaban J connectivity index is 2.31. The first-order chi connectivity index (χ1) is 6.41. The van der Waals surface area contributed by atoms with E-state index in [1.54, 1.807) is 6.92 Å². The molecule has 1 amide bonds. The molecule has 0 aromatic heterocycles. The Kier molecular flexibility index (Phi) is 3.49. The molecule has 2 atom stereocenters. The Hall–Kier alpha value is -0.620. The first-order valence-electron chi connectivity index (χ1n) is 4.64. The summed E-state index contributed by atoms with van der Waals surface area (Å²) >= 11 is 0. The van der Waals surface area contributed by atoms with Crippen molar-refractivity contribution >= 4 is 15.7 Å². The Labute approximate surface area is 84.0 Å². The van der Waals surface area contributed by atoms with Crippen molar-refractivity contribution in [2.45, 2.75) is 19.4 Å². The SMILES string of the molecule is C[C@H](N)C(=O)NC[C@@H]1CCS(=O)(=O)C1. The zero-order valence-corrected chi connectivity index (χ0v) is 9.01. The fourth-order valence-electron chi connectivity index (χ4n) is 1.44. The lowest BCUT2D eigenvalue weighted by molar-refractivity contribution is -0.122. The first-order valence-corrected chi connectivity index (χ1v) is 6.46. The van der Waals surface area contributed by atoms with Crippen molar-refractivity contribution in [2.24, 2.45) is 11.7 Å². The van der Waals surface area contributed by atoms with Crippen molar-refractivity contribution in [3.05, 3.63) is 0 Å². The minimum absolute atomic E-state index is 0.0581. The summed E-state index contributed by atoms with van der Waals surface area (Å²) in [7, 11) is -2.85. The van der Waals surface area contributed by atoms with Crippen LogP contribution in [0, 0.1) is 5.92 Å². The monoisotopic (exact) mass is 220 g/mol. The number of amides is 1. The summed E-state index contributed by atoms with van der Waals surface area (Å²) in [6, 6.07) is -0.534. The standard InChI is InChI=1S/C8H16N2O3S/c1-6(9)8(11)10-4-7-2-3-14(12,13)5-7/h6-7H,2-5,9H2,1H3,(H,10,11)/t6-,7-/m0/s1. The number of carbonyl (C=O) groups excluding carboxylic acids is 1. The zero-order valence-electron chi connectivity index (χ0n) is 8.19.